The van der Waals surface area contributed by atoms with Crippen molar-refractivity contribution in [3.63, 3.8) is 0 Å². The van der Waals surface area contributed by atoms with Gasteiger partial charge < -0.3 is 14.6 Å². The molecule has 2 N–H and O–H groups in total. The van der Waals surface area contributed by atoms with E-state index in [4.69, 9.17) is 9.47 Å². The van der Waals surface area contributed by atoms with Crippen molar-refractivity contribution in [2.24, 2.45) is 5.92 Å². The SMILES string of the molecule is CC1=C(c2ccc3[nH]ncc3c2)C(c2ccc(OCC(C)N3CC[C@@H](C)C3)cc2)Oc2ccc(O)cc21. The highest BCUT2D eigenvalue weighted by Gasteiger charge is 2.30. The Kier molecular flexibility index (Phi) is 6.13. The number of ether oxygens (including phenoxy) is 2. The van der Waals surface area contributed by atoms with Crippen molar-refractivity contribution in [1.82, 2.24) is 15.1 Å². The van der Waals surface area contributed by atoms with E-state index in [-0.39, 0.29) is 11.9 Å². The van der Waals surface area contributed by atoms with Gasteiger partial charge in [-0.2, -0.15) is 5.10 Å². The van der Waals surface area contributed by atoms with Crippen LogP contribution >= 0.6 is 0 Å². The van der Waals surface area contributed by atoms with E-state index < -0.39 is 0 Å². The van der Waals surface area contributed by atoms with Crippen LogP contribution in [0.4, 0.5) is 0 Å². The minimum atomic E-state index is -0.291. The molecular formula is C31H33N3O3. The van der Waals surface area contributed by atoms with Crippen LogP contribution in [-0.4, -0.2) is 45.9 Å². The van der Waals surface area contributed by atoms with E-state index in [0.717, 1.165) is 69.2 Å². The third-order valence-corrected chi connectivity index (χ3v) is 7.78. The first-order chi connectivity index (χ1) is 18.0. The molecule has 6 rings (SSSR count). The molecule has 3 aromatic carbocycles. The number of likely N-dealkylation sites (tertiary alicyclic amines) is 1. The first kappa shape index (κ1) is 23.6. The third-order valence-electron chi connectivity index (χ3n) is 7.78. The lowest BCUT2D eigenvalue weighted by Crippen LogP contribution is -2.35. The first-order valence-corrected chi connectivity index (χ1v) is 13.1. The van der Waals surface area contributed by atoms with Gasteiger partial charge in [0.05, 0.1) is 11.7 Å². The molecule has 6 heteroatoms. The number of aromatic nitrogens is 2. The number of benzene rings is 3. The monoisotopic (exact) mass is 495 g/mol. The van der Waals surface area contributed by atoms with Crippen LogP contribution in [0, 0.1) is 5.92 Å². The van der Waals surface area contributed by atoms with Gasteiger partial charge in [-0.05, 0) is 91.9 Å². The molecule has 1 saturated heterocycles. The van der Waals surface area contributed by atoms with Gasteiger partial charge in [0.25, 0.3) is 0 Å². The predicted molar refractivity (Wildman–Crippen MR) is 147 cm³/mol. The summed E-state index contributed by atoms with van der Waals surface area (Å²) in [6, 6.07) is 20.2. The van der Waals surface area contributed by atoms with Gasteiger partial charge in [0.15, 0.2) is 0 Å². The number of phenolic OH excluding ortho intramolecular Hbond substituents is 1. The topological polar surface area (TPSA) is 70.6 Å². The minimum Gasteiger partial charge on any atom is -0.508 e. The molecule has 0 aliphatic carbocycles. The van der Waals surface area contributed by atoms with E-state index >= 15 is 0 Å². The van der Waals surface area contributed by atoms with Crippen LogP contribution < -0.4 is 9.47 Å². The van der Waals surface area contributed by atoms with Gasteiger partial charge in [-0.15, -0.1) is 0 Å². The summed E-state index contributed by atoms with van der Waals surface area (Å²) < 4.78 is 12.7. The number of hydrogen-bond donors (Lipinski definition) is 2. The van der Waals surface area contributed by atoms with Gasteiger partial charge in [0, 0.05) is 29.1 Å². The van der Waals surface area contributed by atoms with Gasteiger partial charge in [0.1, 0.15) is 30.0 Å². The van der Waals surface area contributed by atoms with Gasteiger partial charge in [-0.25, -0.2) is 0 Å². The standard InChI is InChI=1S/C31H33N3O3/c1-19-12-13-34(17-19)20(2)18-36-26-8-4-22(5-9-26)31-30(23-6-10-28-24(14-23)16-32-33-28)21(3)27-15-25(35)7-11-29(27)37-31/h4-11,14-16,19-20,31,35H,12-13,17-18H2,1-3H3,(H,32,33)/t19-,20?,31?/m1/s1. The van der Waals surface area contributed by atoms with Crippen molar-refractivity contribution >= 4 is 22.0 Å². The molecular weight excluding hydrogens is 462 g/mol. The van der Waals surface area contributed by atoms with Crippen molar-refractivity contribution in [2.75, 3.05) is 19.7 Å². The van der Waals surface area contributed by atoms with Crippen LogP contribution in [0.5, 0.6) is 17.2 Å². The second kappa shape index (κ2) is 9.60. The van der Waals surface area contributed by atoms with Gasteiger partial charge in [0.2, 0.25) is 0 Å². The molecule has 2 unspecified atom stereocenters. The molecule has 6 nitrogen and oxygen atoms in total. The average Bonchev–Trinajstić information content (AvgIpc) is 3.56. The number of allylic oxidation sites excluding steroid dienone is 1. The zero-order chi connectivity index (χ0) is 25.5. The molecule has 1 aromatic heterocycles. The molecule has 0 spiro atoms. The highest BCUT2D eigenvalue weighted by Crippen LogP contribution is 2.47. The number of nitrogens with one attached hydrogen (secondary N) is 1. The Balaban J connectivity index is 1.29. The zero-order valence-electron chi connectivity index (χ0n) is 21.6. The number of aromatic hydroxyl groups is 1. The summed E-state index contributed by atoms with van der Waals surface area (Å²) in [5.74, 6) is 2.63. The highest BCUT2D eigenvalue weighted by molar-refractivity contribution is 5.97. The van der Waals surface area contributed by atoms with E-state index in [1.165, 1.54) is 6.42 Å². The quantitative estimate of drug-likeness (QED) is 0.322. The number of rotatable bonds is 6. The summed E-state index contributed by atoms with van der Waals surface area (Å²) in [4.78, 5) is 2.51. The minimum absolute atomic E-state index is 0.226. The molecule has 2 aliphatic rings. The molecule has 3 heterocycles. The highest BCUT2D eigenvalue weighted by atomic mass is 16.5. The van der Waals surface area contributed by atoms with E-state index in [1.54, 1.807) is 12.1 Å². The number of fused-ring (bicyclic) bond motifs is 2. The van der Waals surface area contributed by atoms with Crippen LogP contribution in [0.3, 0.4) is 0 Å². The van der Waals surface area contributed by atoms with Gasteiger partial charge in [-0.3, -0.25) is 10.00 Å². The van der Waals surface area contributed by atoms with Gasteiger partial charge >= 0.3 is 0 Å². The molecule has 4 aromatic rings. The number of phenols is 1. The molecule has 2 aliphatic heterocycles. The van der Waals surface area contributed by atoms with Crippen LogP contribution in [0.25, 0.3) is 22.0 Å². The van der Waals surface area contributed by atoms with Crippen molar-refractivity contribution in [3.8, 4) is 17.2 Å². The Labute approximate surface area is 217 Å². The summed E-state index contributed by atoms with van der Waals surface area (Å²) in [5, 5.41) is 18.4. The Morgan fingerprint density at radius 3 is 2.76 bits per heavy atom. The van der Waals surface area contributed by atoms with Crippen LogP contribution in [0.1, 0.15) is 50.0 Å². The van der Waals surface area contributed by atoms with E-state index in [0.29, 0.717) is 12.6 Å². The fourth-order valence-corrected chi connectivity index (χ4v) is 5.58. The molecule has 0 amide bonds. The smallest absolute Gasteiger partial charge is 0.150 e. The van der Waals surface area contributed by atoms with Crippen molar-refractivity contribution in [3.05, 3.63) is 83.6 Å². The van der Waals surface area contributed by atoms with E-state index in [2.05, 4.69) is 60.1 Å². The Morgan fingerprint density at radius 1 is 1.14 bits per heavy atom. The molecule has 3 atom stereocenters. The maximum Gasteiger partial charge on any atom is 0.150 e. The maximum absolute atomic E-state index is 10.2. The largest absolute Gasteiger partial charge is 0.508 e. The molecule has 37 heavy (non-hydrogen) atoms. The Hall–Kier alpha value is -3.77. The van der Waals surface area contributed by atoms with Crippen molar-refractivity contribution in [2.45, 2.75) is 39.3 Å². The van der Waals surface area contributed by atoms with Crippen molar-refractivity contribution < 1.29 is 14.6 Å². The Morgan fingerprint density at radius 2 is 1.97 bits per heavy atom. The molecule has 190 valence electrons. The summed E-state index contributed by atoms with van der Waals surface area (Å²) in [5.41, 5.74) is 6.18. The summed E-state index contributed by atoms with van der Waals surface area (Å²) >= 11 is 0. The lowest BCUT2D eigenvalue weighted by Gasteiger charge is -2.31. The third kappa shape index (κ3) is 4.58. The van der Waals surface area contributed by atoms with Crippen LogP contribution in [-0.2, 0) is 0 Å². The molecule has 0 bridgehead atoms. The number of hydrogen-bond acceptors (Lipinski definition) is 5. The summed E-state index contributed by atoms with van der Waals surface area (Å²) in [6.45, 7) is 9.65. The summed E-state index contributed by atoms with van der Waals surface area (Å²) in [7, 11) is 0. The fraction of sp³-hybridized carbons (Fsp3) is 0.323. The normalized spacial score (nSPS) is 20.6. The molecule has 0 radical (unpaired) electrons. The second-order valence-corrected chi connectivity index (χ2v) is 10.5. The van der Waals surface area contributed by atoms with E-state index in [9.17, 15) is 5.11 Å². The van der Waals surface area contributed by atoms with Crippen LogP contribution in [0.2, 0.25) is 0 Å². The first-order valence-electron chi connectivity index (χ1n) is 13.1. The fourth-order valence-electron chi connectivity index (χ4n) is 5.58. The van der Waals surface area contributed by atoms with Gasteiger partial charge in [-0.1, -0.05) is 25.1 Å². The summed E-state index contributed by atoms with van der Waals surface area (Å²) in [6.07, 6.45) is 2.81. The predicted octanol–water partition coefficient (Wildman–Crippen LogP) is 6.44. The second-order valence-electron chi connectivity index (χ2n) is 10.5. The zero-order valence-corrected chi connectivity index (χ0v) is 21.6. The number of nitrogens with zero attached hydrogens (tertiary/aromatic N) is 2. The Bertz CT molecular complexity index is 1460. The number of H-pyrrole nitrogens is 1. The lowest BCUT2D eigenvalue weighted by atomic mass is 9.86. The van der Waals surface area contributed by atoms with Crippen LogP contribution in [0.15, 0.2) is 66.9 Å². The maximum atomic E-state index is 10.2. The average molecular weight is 496 g/mol. The molecule has 1 fully saturated rings. The van der Waals surface area contributed by atoms with Crippen molar-refractivity contribution in [1.29, 1.82) is 0 Å². The lowest BCUT2D eigenvalue weighted by molar-refractivity contribution is 0.169. The van der Waals surface area contributed by atoms with E-state index in [1.807, 2.05) is 30.5 Å². The number of aromatic amines is 1. The molecule has 0 saturated carbocycles.